The second kappa shape index (κ2) is 9.07. The number of aromatic nitrogens is 2. The number of rotatable bonds is 6. The first-order valence-corrected chi connectivity index (χ1v) is 9.30. The molecule has 0 saturated carbocycles. The first-order chi connectivity index (χ1) is 13.5. The van der Waals surface area contributed by atoms with Gasteiger partial charge in [-0.2, -0.15) is 4.98 Å². The van der Waals surface area contributed by atoms with Gasteiger partial charge in [0, 0.05) is 23.1 Å². The summed E-state index contributed by atoms with van der Waals surface area (Å²) < 4.78 is 29.1. The molecule has 0 atom stereocenters. The predicted octanol–water partition coefficient (Wildman–Crippen LogP) is 4.79. The summed E-state index contributed by atoms with van der Waals surface area (Å²) in [6, 6.07) is 7.06. The third-order valence-corrected chi connectivity index (χ3v) is 3.62. The molecule has 1 heterocycles. The summed E-state index contributed by atoms with van der Waals surface area (Å²) in [4.78, 5) is 16.1. The zero-order valence-corrected chi connectivity index (χ0v) is 17.7. The molecule has 7 nitrogen and oxygen atoms in total. The van der Waals surface area contributed by atoms with Crippen molar-refractivity contribution in [2.24, 2.45) is 0 Å². The molecule has 1 N–H and O–H groups in total. The molecule has 0 fully saturated rings. The Hall–Kier alpha value is -2.90. The van der Waals surface area contributed by atoms with Gasteiger partial charge < -0.3 is 19.3 Å². The van der Waals surface area contributed by atoms with E-state index in [1.165, 1.54) is 0 Å². The quantitative estimate of drug-likeness (QED) is 0.743. The third-order valence-electron chi connectivity index (χ3n) is 3.62. The van der Waals surface area contributed by atoms with Gasteiger partial charge in [0.1, 0.15) is 18.0 Å². The summed E-state index contributed by atoms with van der Waals surface area (Å²) in [5.74, 6) is 1.60. The van der Waals surface area contributed by atoms with E-state index in [2.05, 4.69) is 15.5 Å². The average Bonchev–Trinajstić information content (AvgIpc) is 3.11. The number of hydrogen-bond acceptors (Lipinski definition) is 6. The van der Waals surface area contributed by atoms with E-state index in [9.17, 15) is 9.18 Å². The Bertz CT molecular complexity index is 846. The Kier molecular flexibility index (Phi) is 7.00. The lowest BCUT2D eigenvalue weighted by molar-refractivity contribution is 0.0531. The van der Waals surface area contributed by atoms with Crippen molar-refractivity contribution in [3.8, 4) is 17.1 Å². The lowest BCUT2D eigenvalue weighted by Gasteiger charge is -2.20. The summed E-state index contributed by atoms with van der Waals surface area (Å²) in [6.07, 6.45) is -0.199. The van der Waals surface area contributed by atoms with Crippen molar-refractivity contribution in [3.05, 3.63) is 42.1 Å². The molecule has 0 aliphatic heterocycles. The molecule has 0 unspecified atom stereocenters. The summed E-state index contributed by atoms with van der Waals surface area (Å²) in [7, 11) is 0. The fourth-order valence-electron chi connectivity index (χ4n) is 2.14. The maximum Gasteiger partial charge on any atom is 0.407 e. The van der Waals surface area contributed by atoms with E-state index in [-0.39, 0.29) is 24.1 Å². The van der Waals surface area contributed by atoms with Crippen molar-refractivity contribution in [2.75, 3.05) is 13.2 Å². The summed E-state index contributed by atoms with van der Waals surface area (Å²) >= 11 is 0. The maximum atomic E-state index is 13.1. The second-order valence-electron chi connectivity index (χ2n) is 8.61. The van der Waals surface area contributed by atoms with Crippen LogP contribution in [0.15, 0.2) is 40.7 Å². The van der Waals surface area contributed by atoms with Crippen LogP contribution in [0, 0.1) is 0 Å². The van der Waals surface area contributed by atoms with Gasteiger partial charge in [0.2, 0.25) is 11.7 Å². The molecule has 0 aliphatic carbocycles. The van der Waals surface area contributed by atoms with Gasteiger partial charge in [-0.1, -0.05) is 25.9 Å². The van der Waals surface area contributed by atoms with Crippen molar-refractivity contribution in [2.45, 2.75) is 52.6 Å². The molecule has 1 aromatic carbocycles. The molecular weight excluding hydrogens is 377 g/mol. The molecule has 158 valence electrons. The van der Waals surface area contributed by atoms with Crippen LogP contribution in [0.5, 0.6) is 5.75 Å². The van der Waals surface area contributed by atoms with Crippen LogP contribution >= 0.6 is 0 Å². The second-order valence-corrected chi connectivity index (χ2v) is 8.61. The minimum atomic E-state index is -0.617. The molecule has 0 spiro atoms. The van der Waals surface area contributed by atoms with E-state index in [1.807, 2.05) is 20.8 Å². The SMILES string of the molecule is CC(C)(C)OC(=O)NC/C(=C\F)COc1ccc(-c2noc(C(C)(C)C)n2)cc1. The Labute approximate surface area is 170 Å². The van der Waals surface area contributed by atoms with Gasteiger partial charge >= 0.3 is 6.09 Å². The number of nitrogens with one attached hydrogen (secondary N) is 1. The molecule has 0 aliphatic rings. The molecule has 0 bridgehead atoms. The summed E-state index contributed by atoms with van der Waals surface area (Å²) in [6.45, 7) is 11.2. The molecule has 0 radical (unpaired) electrons. The van der Waals surface area contributed by atoms with E-state index in [1.54, 1.807) is 45.0 Å². The van der Waals surface area contributed by atoms with Crippen LogP contribution in [0.1, 0.15) is 47.4 Å². The average molecular weight is 405 g/mol. The number of benzene rings is 1. The normalized spacial score (nSPS) is 12.6. The zero-order valence-electron chi connectivity index (χ0n) is 17.7. The summed E-state index contributed by atoms with van der Waals surface area (Å²) in [5, 5.41) is 6.49. The molecular formula is C21H28FN3O4. The van der Waals surface area contributed by atoms with E-state index in [0.29, 0.717) is 23.8 Å². The Morgan fingerprint density at radius 3 is 2.34 bits per heavy atom. The van der Waals surface area contributed by atoms with Crippen molar-refractivity contribution in [1.82, 2.24) is 15.5 Å². The van der Waals surface area contributed by atoms with Crippen LogP contribution in [0.3, 0.4) is 0 Å². The first kappa shape index (κ1) is 22.4. The van der Waals surface area contributed by atoms with Gasteiger partial charge in [0.05, 0.1) is 6.33 Å². The van der Waals surface area contributed by atoms with Crippen LogP contribution < -0.4 is 10.1 Å². The van der Waals surface area contributed by atoms with Crippen LogP contribution in [0.2, 0.25) is 0 Å². The number of alkyl carbamates (subject to hydrolysis) is 1. The Morgan fingerprint density at radius 1 is 1.17 bits per heavy atom. The van der Waals surface area contributed by atoms with E-state index in [4.69, 9.17) is 14.0 Å². The number of carbonyl (C=O) groups excluding carboxylic acids is 1. The fourth-order valence-corrected chi connectivity index (χ4v) is 2.14. The highest BCUT2D eigenvalue weighted by Gasteiger charge is 2.22. The molecule has 2 aromatic rings. The van der Waals surface area contributed by atoms with Crippen molar-refractivity contribution >= 4 is 6.09 Å². The smallest absolute Gasteiger partial charge is 0.407 e. The van der Waals surface area contributed by atoms with Crippen LogP contribution in [-0.4, -0.2) is 35.0 Å². The largest absolute Gasteiger partial charge is 0.489 e. The molecule has 0 saturated heterocycles. The van der Waals surface area contributed by atoms with Gasteiger partial charge in [-0.25, -0.2) is 9.18 Å². The highest BCUT2D eigenvalue weighted by atomic mass is 19.1. The molecule has 29 heavy (non-hydrogen) atoms. The Morgan fingerprint density at radius 2 is 1.83 bits per heavy atom. The minimum Gasteiger partial charge on any atom is -0.489 e. The Balaban J connectivity index is 1.89. The number of ether oxygens (including phenoxy) is 2. The van der Waals surface area contributed by atoms with Crippen LogP contribution in [0.25, 0.3) is 11.4 Å². The monoisotopic (exact) mass is 405 g/mol. The van der Waals surface area contributed by atoms with Gasteiger partial charge in [0.25, 0.3) is 0 Å². The highest BCUT2D eigenvalue weighted by Crippen LogP contribution is 2.25. The first-order valence-electron chi connectivity index (χ1n) is 9.30. The number of amides is 1. The van der Waals surface area contributed by atoms with Crippen molar-refractivity contribution in [3.63, 3.8) is 0 Å². The number of nitrogens with zero attached hydrogens (tertiary/aromatic N) is 2. The van der Waals surface area contributed by atoms with Crippen molar-refractivity contribution < 1.29 is 23.2 Å². The predicted molar refractivity (Wildman–Crippen MR) is 107 cm³/mol. The van der Waals surface area contributed by atoms with E-state index in [0.717, 1.165) is 5.56 Å². The molecule has 2 rings (SSSR count). The highest BCUT2D eigenvalue weighted by molar-refractivity contribution is 5.68. The van der Waals surface area contributed by atoms with Gasteiger partial charge in [-0.15, -0.1) is 0 Å². The van der Waals surface area contributed by atoms with Gasteiger partial charge in [-0.05, 0) is 45.0 Å². The fraction of sp³-hybridized carbons (Fsp3) is 0.476. The number of hydrogen-bond donors (Lipinski definition) is 1. The molecule has 1 aromatic heterocycles. The molecule has 8 heteroatoms. The van der Waals surface area contributed by atoms with Crippen LogP contribution in [0.4, 0.5) is 9.18 Å². The third kappa shape index (κ3) is 7.21. The summed E-state index contributed by atoms with van der Waals surface area (Å²) in [5.41, 5.74) is 0.211. The minimum absolute atomic E-state index is 0.0119. The van der Waals surface area contributed by atoms with E-state index >= 15 is 0 Å². The number of halogens is 1. The molecule has 1 amide bonds. The lowest BCUT2D eigenvalue weighted by atomic mass is 9.97. The van der Waals surface area contributed by atoms with E-state index < -0.39 is 11.7 Å². The van der Waals surface area contributed by atoms with Gasteiger partial charge in [-0.3, -0.25) is 0 Å². The standard InChI is InChI=1S/C21H28FN3O4/c1-20(2,3)18-24-17(25-29-18)15-7-9-16(10-8-15)27-13-14(11-22)12-23-19(26)28-21(4,5)6/h7-11H,12-13H2,1-6H3,(H,23,26)/b14-11+. The van der Waals surface area contributed by atoms with Crippen LogP contribution in [-0.2, 0) is 10.2 Å². The maximum absolute atomic E-state index is 13.1. The van der Waals surface area contributed by atoms with Crippen molar-refractivity contribution in [1.29, 1.82) is 0 Å². The van der Waals surface area contributed by atoms with Gasteiger partial charge in [0.15, 0.2) is 0 Å². The topological polar surface area (TPSA) is 86.5 Å². The number of carbonyl (C=O) groups is 1. The lowest BCUT2D eigenvalue weighted by Crippen LogP contribution is -2.34. The zero-order chi connectivity index (χ0) is 21.7.